The maximum Gasteiger partial charge on any atom is 0.0462 e. The van der Waals surface area contributed by atoms with E-state index in [1.54, 1.807) is 7.11 Å². The van der Waals surface area contributed by atoms with Crippen molar-refractivity contribution in [1.82, 2.24) is 5.32 Å². The van der Waals surface area contributed by atoms with Crippen LogP contribution in [0, 0.1) is 6.92 Å². The monoisotopic (exact) mass is 313 g/mol. The summed E-state index contributed by atoms with van der Waals surface area (Å²) in [6.45, 7) is 6.22. The first-order valence-corrected chi connectivity index (χ1v) is 7.47. The van der Waals surface area contributed by atoms with Crippen LogP contribution in [-0.4, -0.2) is 20.3 Å². The lowest BCUT2D eigenvalue weighted by Gasteiger charge is -2.21. The van der Waals surface area contributed by atoms with Gasteiger partial charge in [0.15, 0.2) is 0 Å². The Balaban J connectivity index is 2.76. The van der Waals surface area contributed by atoms with Crippen molar-refractivity contribution >= 4 is 15.9 Å². The van der Waals surface area contributed by atoms with E-state index in [0.29, 0.717) is 6.04 Å². The molecule has 1 atom stereocenters. The minimum atomic E-state index is 0.411. The quantitative estimate of drug-likeness (QED) is 0.725. The molecule has 0 saturated heterocycles. The Bertz CT molecular complexity index is 354. The molecule has 1 aromatic rings. The van der Waals surface area contributed by atoms with Crippen LogP contribution in [0.3, 0.4) is 0 Å². The van der Waals surface area contributed by atoms with Crippen molar-refractivity contribution < 1.29 is 4.74 Å². The number of rotatable bonds is 8. The fourth-order valence-corrected chi connectivity index (χ4v) is 2.60. The lowest BCUT2D eigenvalue weighted by atomic mass is 10.00. The highest BCUT2D eigenvalue weighted by molar-refractivity contribution is 9.10. The lowest BCUT2D eigenvalue weighted by Crippen LogP contribution is -2.23. The third-order valence-corrected chi connectivity index (χ3v) is 4.16. The van der Waals surface area contributed by atoms with E-state index in [1.165, 1.54) is 15.6 Å². The third kappa shape index (κ3) is 4.71. The van der Waals surface area contributed by atoms with Crippen LogP contribution in [0.1, 0.15) is 43.4 Å². The van der Waals surface area contributed by atoms with Crippen molar-refractivity contribution in [3.8, 4) is 0 Å². The van der Waals surface area contributed by atoms with E-state index in [-0.39, 0.29) is 0 Å². The molecule has 0 bridgehead atoms. The second kappa shape index (κ2) is 8.68. The molecule has 1 aromatic carbocycles. The van der Waals surface area contributed by atoms with Crippen molar-refractivity contribution in [3.05, 3.63) is 33.8 Å². The summed E-state index contributed by atoms with van der Waals surface area (Å²) in [5, 5.41) is 3.63. The van der Waals surface area contributed by atoms with Gasteiger partial charge in [-0.15, -0.1) is 0 Å². The topological polar surface area (TPSA) is 21.3 Å². The van der Waals surface area contributed by atoms with Gasteiger partial charge in [-0.05, 0) is 43.9 Å². The van der Waals surface area contributed by atoms with E-state index < -0.39 is 0 Å². The van der Waals surface area contributed by atoms with Gasteiger partial charge in [-0.3, -0.25) is 0 Å². The molecule has 0 fully saturated rings. The Kier molecular flexibility index (Phi) is 7.56. The van der Waals surface area contributed by atoms with Gasteiger partial charge in [-0.2, -0.15) is 0 Å². The zero-order valence-corrected chi connectivity index (χ0v) is 13.2. The number of nitrogens with one attached hydrogen (secondary N) is 1. The van der Waals surface area contributed by atoms with E-state index in [2.05, 4.69) is 53.3 Å². The Morgan fingerprint density at radius 1 is 1.39 bits per heavy atom. The van der Waals surface area contributed by atoms with E-state index >= 15 is 0 Å². The molecule has 0 radical (unpaired) electrons. The average Bonchev–Trinajstić information content (AvgIpc) is 2.37. The number of methoxy groups -OCH3 is 1. The second-order valence-electron chi connectivity index (χ2n) is 4.62. The molecule has 0 spiro atoms. The average molecular weight is 314 g/mol. The van der Waals surface area contributed by atoms with Gasteiger partial charge < -0.3 is 10.1 Å². The fourth-order valence-electron chi connectivity index (χ4n) is 2.06. The third-order valence-electron chi connectivity index (χ3n) is 3.08. The van der Waals surface area contributed by atoms with Crippen LogP contribution in [0.4, 0.5) is 0 Å². The first-order chi connectivity index (χ1) is 8.70. The Morgan fingerprint density at radius 3 is 2.83 bits per heavy atom. The zero-order valence-electron chi connectivity index (χ0n) is 11.6. The molecule has 0 aliphatic carbocycles. The molecule has 0 saturated carbocycles. The largest absolute Gasteiger partial charge is 0.385 e. The van der Waals surface area contributed by atoms with Crippen molar-refractivity contribution in [1.29, 1.82) is 0 Å². The van der Waals surface area contributed by atoms with E-state index in [1.807, 2.05) is 0 Å². The molecule has 2 nitrogen and oxygen atoms in total. The van der Waals surface area contributed by atoms with Gasteiger partial charge in [0, 0.05) is 24.2 Å². The van der Waals surface area contributed by atoms with Crippen LogP contribution in [0.25, 0.3) is 0 Å². The van der Waals surface area contributed by atoms with Gasteiger partial charge in [0.1, 0.15) is 0 Å². The van der Waals surface area contributed by atoms with Crippen molar-refractivity contribution in [3.63, 3.8) is 0 Å². The van der Waals surface area contributed by atoms with Crippen LogP contribution >= 0.6 is 15.9 Å². The molecule has 0 aliphatic rings. The molecule has 102 valence electrons. The summed E-state index contributed by atoms with van der Waals surface area (Å²) < 4.78 is 6.38. The summed E-state index contributed by atoms with van der Waals surface area (Å²) >= 11 is 3.71. The highest BCUT2D eigenvalue weighted by Gasteiger charge is 2.14. The van der Waals surface area contributed by atoms with Gasteiger partial charge >= 0.3 is 0 Å². The number of ether oxygens (including phenoxy) is 1. The Labute approximate surface area is 119 Å². The molecule has 1 N–H and O–H groups in total. The van der Waals surface area contributed by atoms with Crippen molar-refractivity contribution in [2.45, 2.75) is 39.2 Å². The molecule has 18 heavy (non-hydrogen) atoms. The van der Waals surface area contributed by atoms with Crippen molar-refractivity contribution in [2.75, 3.05) is 20.3 Å². The number of halogens is 1. The second-order valence-corrected chi connectivity index (χ2v) is 5.41. The SMILES string of the molecule is CCCNC(CCCOC)c1cccc(C)c1Br. The highest BCUT2D eigenvalue weighted by Crippen LogP contribution is 2.29. The molecule has 0 aromatic heterocycles. The number of hydrogen-bond acceptors (Lipinski definition) is 2. The molecule has 3 heteroatoms. The van der Waals surface area contributed by atoms with Crippen LogP contribution in [-0.2, 0) is 4.74 Å². The van der Waals surface area contributed by atoms with Gasteiger partial charge in [0.2, 0.25) is 0 Å². The standard InChI is InChI=1S/C15H24BrNO/c1-4-10-17-14(9-6-11-18-3)13-8-5-7-12(2)15(13)16/h5,7-8,14,17H,4,6,9-11H2,1-3H3. The summed E-state index contributed by atoms with van der Waals surface area (Å²) in [5.74, 6) is 0. The lowest BCUT2D eigenvalue weighted by molar-refractivity contribution is 0.188. The Morgan fingerprint density at radius 2 is 2.17 bits per heavy atom. The highest BCUT2D eigenvalue weighted by atomic mass is 79.9. The summed E-state index contributed by atoms with van der Waals surface area (Å²) in [6, 6.07) is 6.89. The smallest absolute Gasteiger partial charge is 0.0462 e. The summed E-state index contributed by atoms with van der Waals surface area (Å²) in [5.41, 5.74) is 2.65. The van der Waals surface area contributed by atoms with E-state index in [9.17, 15) is 0 Å². The van der Waals surface area contributed by atoms with Gasteiger partial charge in [-0.1, -0.05) is 41.1 Å². The van der Waals surface area contributed by atoms with Crippen LogP contribution in [0.15, 0.2) is 22.7 Å². The predicted molar refractivity (Wildman–Crippen MR) is 81.0 cm³/mol. The minimum absolute atomic E-state index is 0.411. The van der Waals surface area contributed by atoms with Crippen LogP contribution < -0.4 is 5.32 Å². The summed E-state index contributed by atoms with van der Waals surface area (Å²) in [4.78, 5) is 0. The Hall–Kier alpha value is -0.380. The minimum Gasteiger partial charge on any atom is -0.385 e. The molecular formula is C15H24BrNO. The molecule has 0 amide bonds. The van der Waals surface area contributed by atoms with Gasteiger partial charge in [0.25, 0.3) is 0 Å². The maximum atomic E-state index is 5.15. The molecule has 0 heterocycles. The van der Waals surface area contributed by atoms with E-state index in [4.69, 9.17) is 4.74 Å². The van der Waals surface area contributed by atoms with E-state index in [0.717, 1.165) is 32.4 Å². The normalized spacial score (nSPS) is 12.7. The summed E-state index contributed by atoms with van der Waals surface area (Å²) in [6.07, 6.45) is 3.35. The number of hydrogen-bond donors (Lipinski definition) is 1. The maximum absolute atomic E-state index is 5.15. The molecular weight excluding hydrogens is 290 g/mol. The number of aryl methyl sites for hydroxylation is 1. The first-order valence-electron chi connectivity index (χ1n) is 6.68. The van der Waals surface area contributed by atoms with Crippen LogP contribution in [0.2, 0.25) is 0 Å². The number of benzene rings is 1. The van der Waals surface area contributed by atoms with Crippen molar-refractivity contribution in [2.24, 2.45) is 0 Å². The van der Waals surface area contributed by atoms with Gasteiger partial charge in [-0.25, -0.2) is 0 Å². The fraction of sp³-hybridized carbons (Fsp3) is 0.600. The molecule has 1 rings (SSSR count). The molecule has 1 unspecified atom stereocenters. The van der Waals surface area contributed by atoms with Crippen LogP contribution in [0.5, 0.6) is 0 Å². The van der Waals surface area contributed by atoms with Gasteiger partial charge in [0.05, 0.1) is 0 Å². The predicted octanol–water partition coefficient (Wildman–Crippen LogP) is 4.22. The zero-order chi connectivity index (χ0) is 13.4. The first kappa shape index (κ1) is 15.7. The molecule has 0 aliphatic heterocycles. The summed E-state index contributed by atoms with van der Waals surface area (Å²) in [7, 11) is 1.76.